The molecule has 1 N–H and O–H groups in total. The zero-order valence-corrected chi connectivity index (χ0v) is 13.5. The summed E-state index contributed by atoms with van der Waals surface area (Å²) in [5.41, 5.74) is 3.22. The van der Waals surface area contributed by atoms with Crippen molar-refractivity contribution in [2.75, 3.05) is 12.4 Å². The van der Waals surface area contributed by atoms with E-state index in [0.717, 1.165) is 26.6 Å². The van der Waals surface area contributed by atoms with Crippen molar-refractivity contribution in [2.45, 2.75) is 6.92 Å². The number of aryl methyl sites for hydroxylation is 1. The first-order valence-corrected chi connectivity index (χ1v) is 7.74. The normalized spacial score (nSPS) is 10.8. The first kappa shape index (κ1) is 13.4. The van der Waals surface area contributed by atoms with Crippen LogP contribution in [0.2, 0.25) is 0 Å². The van der Waals surface area contributed by atoms with E-state index in [2.05, 4.69) is 45.3 Å². The number of fused-ring (bicyclic) bond motifs is 1. The second-order valence-electron chi connectivity index (χ2n) is 4.49. The van der Waals surface area contributed by atoms with Crippen molar-refractivity contribution in [3.63, 3.8) is 0 Å². The smallest absolute Gasteiger partial charge is 0.188 e. The van der Waals surface area contributed by atoms with Crippen molar-refractivity contribution >= 4 is 48.3 Å². The van der Waals surface area contributed by atoms with Gasteiger partial charge in [0.05, 0.1) is 17.3 Å². The minimum Gasteiger partial charge on any atom is -0.497 e. The van der Waals surface area contributed by atoms with Crippen LogP contribution in [0.5, 0.6) is 5.75 Å². The number of benzene rings is 2. The lowest BCUT2D eigenvalue weighted by molar-refractivity contribution is 0.415. The number of hydrogen-bond acceptors (Lipinski definition) is 4. The van der Waals surface area contributed by atoms with Crippen molar-refractivity contribution in [1.82, 2.24) is 4.98 Å². The van der Waals surface area contributed by atoms with E-state index < -0.39 is 0 Å². The van der Waals surface area contributed by atoms with Crippen LogP contribution in [0.4, 0.5) is 10.8 Å². The van der Waals surface area contributed by atoms with Crippen molar-refractivity contribution in [3.05, 3.63) is 46.4 Å². The van der Waals surface area contributed by atoms with Gasteiger partial charge in [0.1, 0.15) is 5.75 Å². The van der Waals surface area contributed by atoms with Gasteiger partial charge in [-0.25, -0.2) is 4.98 Å². The van der Waals surface area contributed by atoms with Gasteiger partial charge < -0.3 is 10.1 Å². The summed E-state index contributed by atoms with van der Waals surface area (Å²) in [6.07, 6.45) is 0. The molecule has 5 heteroatoms. The molecule has 0 bridgehead atoms. The molecule has 0 amide bonds. The minimum absolute atomic E-state index is 0.804. The van der Waals surface area contributed by atoms with Crippen LogP contribution in [-0.4, -0.2) is 12.1 Å². The van der Waals surface area contributed by atoms with Crippen LogP contribution < -0.4 is 10.1 Å². The zero-order valence-electron chi connectivity index (χ0n) is 11.1. The molecule has 0 fully saturated rings. The fourth-order valence-corrected chi connectivity index (χ4v) is 3.42. The number of anilines is 2. The number of ether oxygens (including phenoxy) is 1. The molecule has 20 heavy (non-hydrogen) atoms. The molecule has 0 aliphatic heterocycles. The Bertz CT molecular complexity index is 770. The molecule has 0 saturated carbocycles. The molecule has 0 atom stereocenters. The predicted octanol–water partition coefficient (Wildman–Crippen LogP) is 5.12. The average Bonchev–Trinajstić information content (AvgIpc) is 2.79. The molecule has 1 heterocycles. The third-order valence-corrected chi connectivity index (χ3v) is 4.29. The number of thiazole rings is 1. The van der Waals surface area contributed by atoms with Crippen molar-refractivity contribution < 1.29 is 4.74 Å². The molecule has 0 unspecified atom stereocenters. The molecular weight excluding hydrogens is 336 g/mol. The van der Waals surface area contributed by atoms with Gasteiger partial charge in [0.15, 0.2) is 5.13 Å². The Hall–Kier alpha value is -1.59. The average molecular weight is 349 g/mol. The molecule has 0 aliphatic rings. The summed E-state index contributed by atoms with van der Waals surface area (Å²) >= 11 is 5.12. The summed E-state index contributed by atoms with van der Waals surface area (Å²) in [7, 11) is 1.66. The zero-order chi connectivity index (χ0) is 14.1. The van der Waals surface area contributed by atoms with Gasteiger partial charge in [-0.05, 0) is 36.8 Å². The third-order valence-electron chi connectivity index (χ3n) is 2.90. The van der Waals surface area contributed by atoms with E-state index in [1.807, 2.05) is 24.3 Å². The summed E-state index contributed by atoms with van der Waals surface area (Å²) in [5.74, 6) is 0.804. The highest BCUT2D eigenvalue weighted by Crippen LogP contribution is 2.31. The Balaban J connectivity index is 1.94. The molecule has 2 aromatic carbocycles. The lowest BCUT2D eigenvalue weighted by Gasteiger charge is -2.06. The van der Waals surface area contributed by atoms with Gasteiger partial charge in [0.2, 0.25) is 0 Å². The van der Waals surface area contributed by atoms with E-state index in [1.54, 1.807) is 18.4 Å². The number of rotatable bonds is 3. The molecule has 0 spiro atoms. The van der Waals surface area contributed by atoms with E-state index in [-0.39, 0.29) is 0 Å². The van der Waals surface area contributed by atoms with E-state index in [0.29, 0.717) is 0 Å². The Kier molecular flexibility index (Phi) is 3.63. The summed E-state index contributed by atoms with van der Waals surface area (Å²) in [6.45, 7) is 2.09. The Morgan fingerprint density at radius 2 is 2.05 bits per heavy atom. The Morgan fingerprint density at radius 1 is 1.20 bits per heavy atom. The van der Waals surface area contributed by atoms with Gasteiger partial charge in [-0.15, -0.1) is 0 Å². The number of methoxy groups -OCH3 is 1. The van der Waals surface area contributed by atoms with Crippen molar-refractivity contribution in [1.29, 1.82) is 0 Å². The Labute approximate surface area is 129 Å². The van der Waals surface area contributed by atoms with Crippen LogP contribution in [0.15, 0.2) is 40.9 Å². The van der Waals surface area contributed by atoms with Crippen LogP contribution >= 0.6 is 27.3 Å². The molecular formula is C15H13BrN2OS. The van der Waals surface area contributed by atoms with Gasteiger partial charge in [-0.2, -0.15) is 0 Å². The second kappa shape index (κ2) is 5.42. The van der Waals surface area contributed by atoms with Gasteiger partial charge in [0.25, 0.3) is 0 Å². The van der Waals surface area contributed by atoms with Crippen LogP contribution in [0.25, 0.3) is 10.2 Å². The van der Waals surface area contributed by atoms with Crippen molar-refractivity contribution in [3.8, 4) is 5.75 Å². The molecule has 3 nitrogen and oxygen atoms in total. The van der Waals surface area contributed by atoms with E-state index in [9.17, 15) is 0 Å². The number of nitrogens with zero attached hydrogens (tertiary/aromatic N) is 1. The van der Waals surface area contributed by atoms with E-state index in [4.69, 9.17) is 4.74 Å². The number of aromatic nitrogens is 1. The third kappa shape index (κ3) is 2.78. The Morgan fingerprint density at radius 3 is 2.85 bits per heavy atom. The number of hydrogen-bond donors (Lipinski definition) is 1. The molecule has 0 saturated heterocycles. The predicted molar refractivity (Wildman–Crippen MR) is 88.3 cm³/mol. The topological polar surface area (TPSA) is 34.1 Å². The first-order valence-electron chi connectivity index (χ1n) is 6.13. The van der Waals surface area contributed by atoms with E-state index in [1.165, 1.54) is 10.3 Å². The lowest BCUT2D eigenvalue weighted by Crippen LogP contribution is -1.91. The van der Waals surface area contributed by atoms with Gasteiger partial charge in [0, 0.05) is 16.2 Å². The fourth-order valence-electron chi connectivity index (χ4n) is 1.96. The summed E-state index contributed by atoms with van der Waals surface area (Å²) < 4.78 is 7.42. The van der Waals surface area contributed by atoms with Crippen LogP contribution in [0.3, 0.4) is 0 Å². The standard InChI is InChI=1S/C15H13BrN2OS/c1-9-3-4-13-14(5-9)20-15(18-13)17-11-6-10(16)7-12(8-11)19-2/h3-8H,1-2H3,(H,17,18). The van der Waals surface area contributed by atoms with Crippen LogP contribution in [0.1, 0.15) is 5.56 Å². The molecule has 102 valence electrons. The van der Waals surface area contributed by atoms with E-state index >= 15 is 0 Å². The molecule has 1 aromatic heterocycles. The first-order chi connectivity index (χ1) is 9.64. The van der Waals surface area contributed by atoms with Crippen LogP contribution in [-0.2, 0) is 0 Å². The number of nitrogens with one attached hydrogen (secondary N) is 1. The monoisotopic (exact) mass is 348 g/mol. The highest BCUT2D eigenvalue weighted by molar-refractivity contribution is 9.10. The second-order valence-corrected chi connectivity index (χ2v) is 6.44. The van der Waals surface area contributed by atoms with Crippen molar-refractivity contribution in [2.24, 2.45) is 0 Å². The van der Waals surface area contributed by atoms with Gasteiger partial charge in [-0.1, -0.05) is 33.3 Å². The highest BCUT2D eigenvalue weighted by atomic mass is 79.9. The molecule has 3 rings (SSSR count). The SMILES string of the molecule is COc1cc(Br)cc(Nc2nc3ccc(C)cc3s2)c1. The summed E-state index contributed by atoms with van der Waals surface area (Å²) in [5, 5.41) is 4.21. The number of halogens is 1. The van der Waals surface area contributed by atoms with Gasteiger partial charge >= 0.3 is 0 Å². The maximum Gasteiger partial charge on any atom is 0.188 e. The largest absolute Gasteiger partial charge is 0.497 e. The van der Waals surface area contributed by atoms with Gasteiger partial charge in [-0.3, -0.25) is 0 Å². The summed E-state index contributed by atoms with van der Waals surface area (Å²) in [6, 6.07) is 12.1. The minimum atomic E-state index is 0.804. The lowest BCUT2D eigenvalue weighted by atomic mass is 10.2. The highest BCUT2D eigenvalue weighted by Gasteiger charge is 2.06. The quantitative estimate of drug-likeness (QED) is 0.713. The maximum atomic E-state index is 5.26. The fraction of sp³-hybridized carbons (Fsp3) is 0.133. The van der Waals surface area contributed by atoms with Crippen LogP contribution in [0, 0.1) is 6.92 Å². The molecule has 3 aromatic rings. The molecule has 0 aliphatic carbocycles. The molecule has 0 radical (unpaired) electrons. The summed E-state index contributed by atoms with van der Waals surface area (Å²) in [4.78, 5) is 4.59. The maximum absolute atomic E-state index is 5.26.